The minimum absolute atomic E-state index is 0.0265. The molecule has 0 spiro atoms. The number of amides is 2. The van der Waals surface area contributed by atoms with E-state index in [1.165, 1.54) is 17.0 Å². The van der Waals surface area contributed by atoms with Gasteiger partial charge in [0.1, 0.15) is 18.3 Å². The standard InChI is InChI=1S/C30H37N3O5S/c1-6-38-27-16-18-28(19-17-27)39(36,37)33(26-14-8-7-9-15-26)21-29(34)32(24(5)30(35)31-22(2)3)20-25-13-11-10-12-23(25)4/h7-19,22,24H,6,20-21H2,1-5H3,(H,31,35). The maximum Gasteiger partial charge on any atom is 0.264 e. The van der Waals surface area contributed by atoms with Crippen molar-refractivity contribution in [3.8, 4) is 5.75 Å². The van der Waals surface area contributed by atoms with Crippen LogP contribution in [0.15, 0.2) is 83.8 Å². The molecular formula is C30H37N3O5S. The van der Waals surface area contributed by atoms with Crippen LogP contribution >= 0.6 is 0 Å². The number of nitrogens with one attached hydrogen (secondary N) is 1. The van der Waals surface area contributed by atoms with Crippen molar-refractivity contribution in [1.29, 1.82) is 0 Å². The molecule has 0 fully saturated rings. The number of aryl methyl sites for hydroxylation is 1. The minimum Gasteiger partial charge on any atom is -0.494 e. The number of hydrogen-bond donors (Lipinski definition) is 1. The Morgan fingerprint density at radius 1 is 0.897 bits per heavy atom. The van der Waals surface area contributed by atoms with E-state index in [1.54, 1.807) is 49.4 Å². The van der Waals surface area contributed by atoms with Crippen molar-refractivity contribution in [3.63, 3.8) is 0 Å². The zero-order chi connectivity index (χ0) is 28.6. The molecule has 39 heavy (non-hydrogen) atoms. The fourth-order valence-corrected chi connectivity index (χ4v) is 5.50. The van der Waals surface area contributed by atoms with Crippen LogP contribution in [0.1, 0.15) is 38.8 Å². The first-order chi connectivity index (χ1) is 18.5. The Bertz CT molecular complexity index is 1360. The van der Waals surface area contributed by atoms with Crippen molar-refractivity contribution in [2.45, 2.75) is 58.1 Å². The van der Waals surface area contributed by atoms with E-state index in [9.17, 15) is 18.0 Å². The maximum atomic E-state index is 13.9. The minimum atomic E-state index is -4.13. The highest BCUT2D eigenvalue weighted by molar-refractivity contribution is 7.92. The van der Waals surface area contributed by atoms with Crippen LogP contribution in [-0.2, 0) is 26.2 Å². The first kappa shape index (κ1) is 29.7. The Morgan fingerprint density at radius 2 is 1.51 bits per heavy atom. The number of carbonyl (C=O) groups is 2. The molecule has 0 radical (unpaired) electrons. The molecule has 0 aliphatic carbocycles. The van der Waals surface area contributed by atoms with Gasteiger partial charge in [0.05, 0.1) is 17.2 Å². The summed E-state index contributed by atoms with van der Waals surface area (Å²) in [5.41, 5.74) is 2.18. The molecule has 1 atom stereocenters. The van der Waals surface area contributed by atoms with Crippen LogP contribution in [-0.4, -0.2) is 50.4 Å². The summed E-state index contributed by atoms with van der Waals surface area (Å²) < 4.78 is 34.2. The molecule has 208 valence electrons. The molecule has 0 aromatic heterocycles. The van der Waals surface area contributed by atoms with Gasteiger partial charge in [-0.15, -0.1) is 0 Å². The summed E-state index contributed by atoms with van der Waals surface area (Å²) in [5.74, 6) is -0.260. The number of para-hydroxylation sites is 1. The van der Waals surface area contributed by atoms with Gasteiger partial charge in [-0.05, 0) is 82.1 Å². The number of carbonyl (C=O) groups excluding carboxylic acids is 2. The normalized spacial score (nSPS) is 12.1. The van der Waals surface area contributed by atoms with Crippen LogP contribution < -0.4 is 14.4 Å². The Kier molecular flexibility index (Phi) is 10.1. The van der Waals surface area contributed by atoms with Gasteiger partial charge in [0.2, 0.25) is 11.8 Å². The number of benzene rings is 3. The lowest BCUT2D eigenvalue weighted by molar-refractivity contribution is -0.139. The highest BCUT2D eigenvalue weighted by atomic mass is 32.2. The van der Waals surface area contributed by atoms with E-state index in [-0.39, 0.29) is 23.4 Å². The molecule has 1 unspecified atom stereocenters. The fourth-order valence-electron chi connectivity index (χ4n) is 4.08. The number of ether oxygens (including phenoxy) is 1. The van der Waals surface area contributed by atoms with Gasteiger partial charge >= 0.3 is 0 Å². The summed E-state index contributed by atoms with van der Waals surface area (Å²) in [4.78, 5) is 28.4. The Labute approximate surface area is 231 Å². The van der Waals surface area contributed by atoms with Gasteiger partial charge in [0, 0.05) is 12.6 Å². The van der Waals surface area contributed by atoms with Gasteiger partial charge in [-0.25, -0.2) is 8.42 Å². The molecule has 0 saturated carbocycles. The lowest BCUT2D eigenvalue weighted by Gasteiger charge is -2.32. The molecule has 0 aliphatic heterocycles. The summed E-state index contributed by atoms with van der Waals surface area (Å²) in [7, 11) is -4.13. The van der Waals surface area contributed by atoms with Crippen LogP contribution in [0.5, 0.6) is 5.75 Å². The van der Waals surface area contributed by atoms with E-state index in [4.69, 9.17) is 4.74 Å². The molecule has 8 nitrogen and oxygen atoms in total. The average Bonchev–Trinajstić information content (AvgIpc) is 2.91. The summed E-state index contributed by atoms with van der Waals surface area (Å²) in [5, 5.41) is 2.86. The third-order valence-corrected chi connectivity index (χ3v) is 8.03. The highest BCUT2D eigenvalue weighted by Gasteiger charge is 2.32. The maximum absolute atomic E-state index is 13.9. The van der Waals surface area contributed by atoms with Gasteiger partial charge in [-0.1, -0.05) is 42.5 Å². The van der Waals surface area contributed by atoms with E-state index in [2.05, 4.69) is 5.32 Å². The van der Waals surface area contributed by atoms with Crippen molar-refractivity contribution in [1.82, 2.24) is 10.2 Å². The molecule has 0 bridgehead atoms. The second kappa shape index (κ2) is 13.3. The number of nitrogens with zero attached hydrogens (tertiary/aromatic N) is 2. The van der Waals surface area contributed by atoms with Crippen LogP contribution in [0.4, 0.5) is 5.69 Å². The third kappa shape index (κ3) is 7.60. The van der Waals surface area contributed by atoms with Crippen LogP contribution in [0, 0.1) is 6.92 Å². The largest absolute Gasteiger partial charge is 0.494 e. The second-order valence-corrected chi connectivity index (χ2v) is 11.4. The van der Waals surface area contributed by atoms with E-state index >= 15 is 0 Å². The topological polar surface area (TPSA) is 96.0 Å². The first-order valence-electron chi connectivity index (χ1n) is 13.0. The highest BCUT2D eigenvalue weighted by Crippen LogP contribution is 2.26. The molecule has 0 aliphatic rings. The Hall–Kier alpha value is -3.85. The van der Waals surface area contributed by atoms with Crippen molar-refractivity contribution in [3.05, 3.63) is 90.0 Å². The van der Waals surface area contributed by atoms with Gasteiger partial charge in [-0.3, -0.25) is 13.9 Å². The predicted octanol–water partition coefficient (Wildman–Crippen LogP) is 4.53. The summed E-state index contributed by atoms with van der Waals surface area (Å²) in [6.45, 7) is 9.26. The quantitative estimate of drug-likeness (QED) is 0.357. The number of anilines is 1. The molecule has 0 saturated heterocycles. The second-order valence-electron chi connectivity index (χ2n) is 9.54. The Morgan fingerprint density at radius 3 is 2.10 bits per heavy atom. The van der Waals surface area contributed by atoms with E-state index in [1.807, 2.05) is 52.0 Å². The van der Waals surface area contributed by atoms with Crippen molar-refractivity contribution in [2.24, 2.45) is 0 Å². The lowest BCUT2D eigenvalue weighted by atomic mass is 10.1. The third-order valence-electron chi connectivity index (χ3n) is 6.25. The number of sulfonamides is 1. The number of rotatable bonds is 12. The van der Waals surface area contributed by atoms with Gasteiger partial charge in [0.25, 0.3) is 10.0 Å². The number of hydrogen-bond acceptors (Lipinski definition) is 5. The van der Waals surface area contributed by atoms with E-state index in [0.29, 0.717) is 18.0 Å². The molecule has 0 heterocycles. The van der Waals surface area contributed by atoms with Crippen LogP contribution in [0.3, 0.4) is 0 Å². The first-order valence-corrected chi connectivity index (χ1v) is 14.4. The summed E-state index contributed by atoms with van der Waals surface area (Å²) in [6, 6.07) is 21.2. The molecule has 9 heteroatoms. The molecular weight excluding hydrogens is 514 g/mol. The molecule has 2 amide bonds. The van der Waals surface area contributed by atoms with Crippen LogP contribution in [0.2, 0.25) is 0 Å². The monoisotopic (exact) mass is 551 g/mol. The van der Waals surface area contributed by atoms with E-state index in [0.717, 1.165) is 15.4 Å². The SMILES string of the molecule is CCOc1ccc(S(=O)(=O)N(CC(=O)N(Cc2ccccc2C)C(C)C(=O)NC(C)C)c2ccccc2)cc1. The van der Waals surface area contributed by atoms with Crippen molar-refractivity contribution in [2.75, 3.05) is 17.5 Å². The Balaban J connectivity index is 2.00. The van der Waals surface area contributed by atoms with Crippen molar-refractivity contribution >= 4 is 27.5 Å². The average molecular weight is 552 g/mol. The zero-order valence-electron chi connectivity index (χ0n) is 23.1. The van der Waals surface area contributed by atoms with Gasteiger partial charge in [-0.2, -0.15) is 0 Å². The molecule has 3 rings (SSSR count). The fraction of sp³-hybridized carbons (Fsp3) is 0.333. The van der Waals surface area contributed by atoms with Gasteiger partial charge < -0.3 is 15.0 Å². The molecule has 3 aromatic carbocycles. The molecule has 1 N–H and O–H groups in total. The summed E-state index contributed by atoms with van der Waals surface area (Å²) >= 11 is 0. The summed E-state index contributed by atoms with van der Waals surface area (Å²) in [6.07, 6.45) is 0. The smallest absolute Gasteiger partial charge is 0.264 e. The zero-order valence-corrected chi connectivity index (χ0v) is 23.9. The predicted molar refractivity (Wildman–Crippen MR) is 153 cm³/mol. The van der Waals surface area contributed by atoms with Crippen LogP contribution in [0.25, 0.3) is 0 Å². The van der Waals surface area contributed by atoms with Crippen molar-refractivity contribution < 1.29 is 22.7 Å². The van der Waals surface area contributed by atoms with E-state index < -0.39 is 28.5 Å². The van der Waals surface area contributed by atoms with Gasteiger partial charge in [0.15, 0.2) is 0 Å². The lowest BCUT2D eigenvalue weighted by Crippen LogP contribution is -2.52. The molecule has 3 aromatic rings.